The molecule has 0 aromatic heterocycles. The fourth-order valence-corrected chi connectivity index (χ4v) is 2.11. The summed E-state index contributed by atoms with van der Waals surface area (Å²) >= 11 is 11.6. The molecule has 2 aromatic rings. The molecule has 0 radical (unpaired) electrons. The first-order valence-electron chi connectivity index (χ1n) is 6.59. The van der Waals surface area contributed by atoms with Crippen LogP contribution in [-0.2, 0) is 4.79 Å². The van der Waals surface area contributed by atoms with Crippen LogP contribution in [0.2, 0.25) is 10.0 Å². The Hall–Kier alpha value is -1.55. The average Bonchev–Trinajstić information content (AvgIpc) is 2.48. The molecule has 0 aliphatic carbocycles. The molecule has 2 aromatic carbocycles. The van der Waals surface area contributed by atoms with Gasteiger partial charge in [-0.2, -0.15) is 0 Å². The molecule has 0 aliphatic rings. The molecule has 5 heteroatoms. The van der Waals surface area contributed by atoms with Gasteiger partial charge in [-0.1, -0.05) is 35.3 Å². The molecular weight excluding hydrogens is 307 g/mol. The van der Waals surface area contributed by atoms with E-state index in [0.29, 0.717) is 10.0 Å². The second-order valence-corrected chi connectivity index (χ2v) is 5.58. The fraction of sp³-hybridized carbons (Fsp3) is 0.188. The van der Waals surface area contributed by atoms with Gasteiger partial charge in [0.05, 0.1) is 6.54 Å². The third kappa shape index (κ3) is 5.05. The van der Waals surface area contributed by atoms with E-state index < -0.39 is 0 Å². The summed E-state index contributed by atoms with van der Waals surface area (Å²) < 4.78 is 0. The lowest BCUT2D eigenvalue weighted by molar-refractivity contribution is -0.115. The molecule has 0 aliphatic heterocycles. The Morgan fingerprint density at radius 2 is 1.52 bits per heavy atom. The van der Waals surface area contributed by atoms with Crippen LogP contribution in [0.1, 0.15) is 18.5 Å². The summed E-state index contributed by atoms with van der Waals surface area (Å²) in [7, 11) is 0. The molecule has 0 unspecified atom stereocenters. The molecule has 2 N–H and O–H groups in total. The maximum absolute atomic E-state index is 11.9. The molecule has 1 amide bonds. The van der Waals surface area contributed by atoms with Crippen molar-refractivity contribution in [2.75, 3.05) is 11.9 Å². The van der Waals surface area contributed by atoms with Gasteiger partial charge in [-0.05, 0) is 48.9 Å². The third-order valence-corrected chi connectivity index (χ3v) is 3.57. The Bertz CT molecular complexity index is 597. The Morgan fingerprint density at radius 1 is 1.00 bits per heavy atom. The van der Waals surface area contributed by atoms with Gasteiger partial charge < -0.3 is 10.6 Å². The van der Waals surface area contributed by atoms with E-state index in [4.69, 9.17) is 23.2 Å². The van der Waals surface area contributed by atoms with Crippen LogP contribution in [0.4, 0.5) is 5.69 Å². The Morgan fingerprint density at radius 3 is 2.10 bits per heavy atom. The van der Waals surface area contributed by atoms with Gasteiger partial charge in [-0.15, -0.1) is 0 Å². The van der Waals surface area contributed by atoms with Gasteiger partial charge in [0.15, 0.2) is 0 Å². The molecule has 0 bridgehead atoms. The number of anilines is 1. The van der Waals surface area contributed by atoms with Crippen LogP contribution in [0.5, 0.6) is 0 Å². The first-order chi connectivity index (χ1) is 10.0. The minimum atomic E-state index is -0.0989. The number of nitrogens with one attached hydrogen (secondary N) is 2. The monoisotopic (exact) mass is 322 g/mol. The first kappa shape index (κ1) is 15.8. The highest BCUT2D eigenvalue weighted by atomic mass is 35.5. The van der Waals surface area contributed by atoms with Crippen molar-refractivity contribution in [1.82, 2.24) is 5.32 Å². The Labute approximate surface area is 134 Å². The van der Waals surface area contributed by atoms with Gasteiger partial charge in [-0.25, -0.2) is 0 Å². The average molecular weight is 323 g/mol. The van der Waals surface area contributed by atoms with E-state index in [2.05, 4.69) is 10.6 Å². The number of halogens is 2. The van der Waals surface area contributed by atoms with E-state index >= 15 is 0 Å². The van der Waals surface area contributed by atoms with Crippen molar-refractivity contribution in [3.8, 4) is 0 Å². The van der Waals surface area contributed by atoms with Gasteiger partial charge in [-0.3, -0.25) is 4.79 Å². The lowest BCUT2D eigenvalue weighted by Gasteiger charge is -2.14. The SMILES string of the molecule is C[C@H](NCC(=O)Nc1ccc(Cl)cc1)c1ccc(Cl)cc1. The van der Waals surface area contributed by atoms with Crippen LogP contribution < -0.4 is 10.6 Å². The molecular formula is C16H16Cl2N2O. The first-order valence-corrected chi connectivity index (χ1v) is 7.34. The normalized spacial score (nSPS) is 12.0. The maximum Gasteiger partial charge on any atom is 0.238 e. The lowest BCUT2D eigenvalue weighted by atomic mass is 10.1. The summed E-state index contributed by atoms with van der Waals surface area (Å²) in [6.07, 6.45) is 0. The molecule has 0 fully saturated rings. The number of carbonyl (C=O) groups excluding carboxylic acids is 1. The second-order valence-electron chi connectivity index (χ2n) is 4.71. The number of hydrogen-bond acceptors (Lipinski definition) is 2. The molecule has 1 atom stereocenters. The van der Waals surface area contributed by atoms with E-state index in [9.17, 15) is 4.79 Å². The van der Waals surface area contributed by atoms with E-state index in [1.54, 1.807) is 24.3 Å². The summed E-state index contributed by atoms with van der Waals surface area (Å²) in [5.74, 6) is -0.0989. The summed E-state index contributed by atoms with van der Waals surface area (Å²) in [5, 5.41) is 7.31. The number of hydrogen-bond donors (Lipinski definition) is 2. The third-order valence-electron chi connectivity index (χ3n) is 3.07. The van der Waals surface area contributed by atoms with Gasteiger partial charge >= 0.3 is 0 Å². The predicted molar refractivity (Wildman–Crippen MR) is 88.0 cm³/mol. The van der Waals surface area contributed by atoms with Crippen molar-refractivity contribution < 1.29 is 4.79 Å². The van der Waals surface area contributed by atoms with E-state index in [-0.39, 0.29) is 18.5 Å². The zero-order valence-corrected chi connectivity index (χ0v) is 13.1. The van der Waals surface area contributed by atoms with E-state index in [0.717, 1.165) is 11.3 Å². The molecule has 110 valence electrons. The number of amides is 1. The van der Waals surface area contributed by atoms with Gasteiger partial charge in [0, 0.05) is 21.8 Å². The topological polar surface area (TPSA) is 41.1 Å². The van der Waals surface area contributed by atoms with Crippen LogP contribution in [-0.4, -0.2) is 12.5 Å². The van der Waals surface area contributed by atoms with Crippen LogP contribution in [0.3, 0.4) is 0 Å². The summed E-state index contributed by atoms with van der Waals surface area (Å²) in [5.41, 5.74) is 1.81. The van der Waals surface area contributed by atoms with Crippen LogP contribution >= 0.6 is 23.2 Å². The summed E-state index contributed by atoms with van der Waals surface area (Å²) in [4.78, 5) is 11.9. The second kappa shape index (κ2) is 7.46. The van der Waals surface area contributed by atoms with Crippen LogP contribution in [0.15, 0.2) is 48.5 Å². The van der Waals surface area contributed by atoms with Crippen molar-refractivity contribution in [2.24, 2.45) is 0 Å². The highest BCUT2D eigenvalue weighted by molar-refractivity contribution is 6.30. The van der Waals surface area contributed by atoms with Gasteiger partial charge in [0.1, 0.15) is 0 Å². The molecule has 0 spiro atoms. The minimum absolute atomic E-state index is 0.0678. The van der Waals surface area contributed by atoms with Gasteiger partial charge in [0.2, 0.25) is 5.91 Å². The summed E-state index contributed by atoms with van der Waals surface area (Å²) in [6.45, 7) is 2.23. The minimum Gasteiger partial charge on any atom is -0.325 e. The molecule has 0 heterocycles. The highest BCUT2D eigenvalue weighted by Gasteiger charge is 2.08. The number of carbonyl (C=O) groups is 1. The highest BCUT2D eigenvalue weighted by Crippen LogP contribution is 2.16. The predicted octanol–water partition coefficient (Wildman–Crippen LogP) is 4.28. The molecule has 21 heavy (non-hydrogen) atoms. The standard InChI is InChI=1S/C16H16Cl2N2O/c1-11(12-2-4-13(17)5-3-12)19-10-16(21)20-15-8-6-14(18)7-9-15/h2-9,11,19H,10H2,1H3,(H,20,21)/t11-/m0/s1. The van der Waals surface area contributed by atoms with Crippen molar-refractivity contribution in [3.63, 3.8) is 0 Å². The molecule has 3 nitrogen and oxygen atoms in total. The zero-order chi connectivity index (χ0) is 15.2. The quantitative estimate of drug-likeness (QED) is 0.862. The molecule has 0 saturated heterocycles. The smallest absolute Gasteiger partial charge is 0.238 e. The van der Waals surface area contributed by atoms with E-state index in [1.165, 1.54) is 0 Å². The van der Waals surface area contributed by atoms with E-state index in [1.807, 2.05) is 31.2 Å². The Balaban J connectivity index is 1.83. The Kier molecular flexibility index (Phi) is 5.62. The fourth-order valence-electron chi connectivity index (χ4n) is 1.85. The molecule has 2 rings (SSSR count). The summed E-state index contributed by atoms with van der Waals surface area (Å²) in [6, 6.07) is 14.6. The van der Waals surface area contributed by atoms with Gasteiger partial charge in [0.25, 0.3) is 0 Å². The zero-order valence-electron chi connectivity index (χ0n) is 11.6. The van der Waals surface area contributed by atoms with Crippen LogP contribution in [0, 0.1) is 0 Å². The van der Waals surface area contributed by atoms with Crippen molar-refractivity contribution in [2.45, 2.75) is 13.0 Å². The largest absolute Gasteiger partial charge is 0.325 e. The number of benzene rings is 2. The molecule has 0 saturated carbocycles. The van der Waals surface area contributed by atoms with Crippen LogP contribution in [0.25, 0.3) is 0 Å². The lowest BCUT2D eigenvalue weighted by Crippen LogP contribution is -2.30. The van der Waals surface area contributed by atoms with Crippen molar-refractivity contribution in [3.05, 3.63) is 64.1 Å². The van der Waals surface area contributed by atoms with Crippen molar-refractivity contribution in [1.29, 1.82) is 0 Å². The van der Waals surface area contributed by atoms with Crippen molar-refractivity contribution >= 4 is 34.8 Å². The maximum atomic E-state index is 11.9. The number of rotatable bonds is 5.